The van der Waals surface area contributed by atoms with Crippen LogP contribution < -0.4 is 5.73 Å². The zero-order valence-electron chi connectivity index (χ0n) is 8.22. The van der Waals surface area contributed by atoms with Crippen LogP contribution in [0.5, 0.6) is 0 Å². The molecule has 0 radical (unpaired) electrons. The molecule has 13 heavy (non-hydrogen) atoms. The van der Waals surface area contributed by atoms with Crippen molar-refractivity contribution in [1.82, 2.24) is 0 Å². The minimum atomic E-state index is 0.637. The molecule has 1 aromatic carbocycles. The summed E-state index contributed by atoms with van der Waals surface area (Å²) < 4.78 is 0. The molecule has 0 aliphatic carbocycles. The second-order valence-corrected chi connectivity index (χ2v) is 3.11. The Bertz CT molecular complexity index is 322. The van der Waals surface area contributed by atoms with E-state index in [0.29, 0.717) is 6.54 Å². The smallest absolute Gasteiger partial charge is 0.0303 e. The lowest BCUT2D eigenvalue weighted by Crippen LogP contribution is -1.95. The molecule has 0 bridgehead atoms. The lowest BCUT2D eigenvalue weighted by Gasteiger charge is -2.00. The van der Waals surface area contributed by atoms with Crippen molar-refractivity contribution in [2.75, 3.05) is 6.54 Å². The monoisotopic (exact) mass is 173 g/mol. The van der Waals surface area contributed by atoms with Gasteiger partial charge in [0.05, 0.1) is 0 Å². The Morgan fingerprint density at radius 1 is 1.23 bits per heavy atom. The van der Waals surface area contributed by atoms with Crippen molar-refractivity contribution in [3.8, 4) is 11.8 Å². The molecule has 0 heterocycles. The number of hydrogen-bond donors (Lipinski definition) is 1. The molecule has 2 N–H and O–H groups in total. The summed E-state index contributed by atoms with van der Waals surface area (Å²) >= 11 is 0. The molecule has 0 amide bonds. The van der Waals surface area contributed by atoms with Crippen LogP contribution in [0, 0.1) is 25.7 Å². The van der Waals surface area contributed by atoms with E-state index in [1.165, 1.54) is 11.1 Å². The number of benzene rings is 1. The van der Waals surface area contributed by atoms with Gasteiger partial charge in [-0.25, -0.2) is 0 Å². The normalized spacial score (nSPS) is 9.15. The minimum Gasteiger partial charge on any atom is -0.330 e. The molecule has 0 aliphatic rings. The summed E-state index contributed by atoms with van der Waals surface area (Å²) in [5.74, 6) is 6.21. The SMILES string of the molecule is Cc1cccc(C)c1C#CCCN. The molecule has 0 saturated heterocycles. The Kier molecular flexibility index (Phi) is 3.54. The summed E-state index contributed by atoms with van der Waals surface area (Å²) in [6, 6.07) is 6.22. The fourth-order valence-corrected chi connectivity index (χ4v) is 1.23. The van der Waals surface area contributed by atoms with Crippen LogP contribution in [-0.2, 0) is 0 Å². The minimum absolute atomic E-state index is 0.637. The summed E-state index contributed by atoms with van der Waals surface area (Å²) in [5.41, 5.74) is 9.00. The lowest BCUT2D eigenvalue weighted by atomic mass is 10.0. The topological polar surface area (TPSA) is 26.0 Å². The third-order valence-corrected chi connectivity index (χ3v) is 1.96. The maximum absolute atomic E-state index is 5.37. The second-order valence-electron chi connectivity index (χ2n) is 3.11. The van der Waals surface area contributed by atoms with Crippen molar-refractivity contribution >= 4 is 0 Å². The van der Waals surface area contributed by atoms with Crippen molar-refractivity contribution in [3.63, 3.8) is 0 Å². The first-order chi connectivity index (χ1) is 6.25. The maximum atomic E-state index is 5.37. The van der Waals surface area contributed by atoms with E-state index in [2.05, 4.69) is 43.9 Å². The van der Waals surface area contributed by atoms with Crippen LogP contribution in [-0.4, -0.2) is 6.54 Å². The Morgan fingerprint density at radius 3 is 2.38 bits per heavy atom. The van der Waals surface area contributed by atoms with Gasteiger partial charge in [-0.3, -0.25) is 0 Å². The largest absolute Gasteiger partial charge is 0.330 e. The van der Waals surface area contributed by atoms with Gasteiger partial charge in [-0.2, -0.15) is 0 Å². The Balaban J connectivity index is 2.95. The molecule has 1 heteroatoms. The fourth-order valence-electron chi connectivity index (χ4n) is 1.23. The van der Waals surface area contributed by atoms with Crippen molar-refractivity contribution in [3.05, 3.63) is 34.9 Å². The third kappa shape index (κ3) is 2.61. The molecular weight excluding hydrogens is 158 g/mol. The van der Waals surface area contributed by atoms with Gasteiger partial charge < -0.3 is 5.73 Å². The summed E-state index contributed by atoms with van der Waals surface area (Å²) in [6.45, 7) is 4.80. The van der Waals surface area contributed by atoms with E-state index in [1.807, 2.05) is 0 Å². The molecule has 0 atom stereocenters. The maximum Gasteiger partial charge on any atom is 0.0303 e. The van der Waals surface area contributed by atoms with Gasteiger partial charge in [0.25, 0.3) is 0 Å². The summed E-state index contributed by atoms with van der Waals surface area (Å²) in [5, 5.41) is 0. The Labute approximate surface area is 80.0 Å². The van der Waals surface area contributed by atoms with Crippen molar-refractivity contribution in [2.45, 2.75) is 20.3 Å². The predicted octanol–water partition coefficient (Wildman–Crippen LogP) is 2.00. The van der Waals surface area contributed by atoms with Gasteiger partial charge in [0.2, 0.25) is 0 Å². The molecule has 1 aromatic rings. The second kappa shape index (κ2) is 4.69. The quantitative estimate of drug-likeness (QED) is 0.646. The van der Waals surface area contributed by atoms with Gasteiger partial charge in [-0.15, -0.1) is 0 Å². The van der Waals surface area contributed by atoms with E-state index >= 15 is 0 Å². The first-order valence-corrected chi connectivity index (χ1v) is 4.51. The number of nitrogens with two attached hydrogens (primary N) is 1. The number of rotatable bonds is 1. The van der Waals surface area contributed by atoms with Gasteiger partial charge in [-0.05, 0) is 25.0 Å². The molecule has 68 valence electrons. The van der Waals surface area contributed by atoms with E-state index in [0.717, 1.165) is 12.0 Å². The van der Waals surface area contributed by atoms with E-state index in [9.17, 15) is 0 Å². The Hall–Kier alpha value is -1.26. The average molecular weight is 173 g/mol. The highest BCUT2D eigenvalue weighted by Crippen LogP contribution is 2.11. The molecule has 1 rings (SSSR count). The summed E-state index contributed by atoms with van der Waals surface area (Å²) in [4.78, 5) is 0. The molecule has 0 unspecified atom stereocenters. The third-order valence-electron chi connectivity index (χ3n) is 1.96. The molecule has 0 saturated carbocycles. The van der Waals surface area contributed by atoms with Crippen LogP contribution in [0.1, 0.15) is 23.1 Å². The molecule has 0 fully saturated rings. The van der Waals surface area contributed by atoms with Gasteiger partial charge in [0, 0.05) is 18.5 Å². The summed E-state index contributed by atoms with van der Waals surface area (Å²) in [7, 11) is 0. The van der Waals surface area contributed by atoms with E-state index in [-0.39, 0.29) is 0 Å². The molecule has 1 nitrogen and oxygen atoms in total. The molecule has 0 spiro atoms. The van der Waals surface area contributed by atoms with Crippen molar-refractivity contribution < 1.29 is 0 Å². The van der Waals surface area contributed by atoms with Gasteiger partial charge in [0.1, 0.15) is 0 Å². The van der Waals surface area contributed by atoms with Crippen LogP contribution in [0.4, 0.5) is 0 Å². The lowest BCUT2D eigenvalue weighted by molar-refractivity contribution is 1.03. The first-order valence-electron chi connectivity index (χ1n) is 4.51. The van der Waals surface area contributed by atoms with Crippen LogP contribution >= 0.6 is 0 Å². The van der Waals surface area contributed by atoms with Crippen LogP contribution in [0.2, 0.25) is 0 Å². The highest BCUT2D eigenvalue weighted by molar-refractivity contribution is 5.46. The van der Waals surface area contributed by atoms with Crippen LogP contribution in [0.15, 0.2) is 18.2 Å². The molecular formula is C12H15N. The highest BCUT2D eigenvalue weighted by Gasteiger charge is 1.96. The highest BCUT2D eigenvalue weighted by atomic mass is 14.5. The zero-order chi connectivity index (χ0) is 9.68. The van der Waals surface area contributed by atoms with Crippen molar-refractivity contribution in [2.24, 2.45) is 5.73 Å². The molecule has 0 aromatic heterocycles. The van der Waals surface area contributed by atoms with Crippen LogP contribution in [0.25, 0.3) is 0 Å². The number of hydrogen-bond acceptors (Lipinski definition) is 1. The van der Waals surface area contributed by atoms with Gasteiger partial charge in [-0.1, -0.05) is 30.0 Å². The van der Waals surface area contributed by atoms with Crippen molar-refractivity contribution in [1.29, 1.82) is 0 Å². The predicted molar refractivity (Wildman–Crippen MR) is 56.5 cm³/mol. The molecule has 0 aliphatic heterocycles. The van der Waals surface area contributed by atoms with Crippen LogP contribution in [0.3, 0.4) is 0 Å². The van der Waals surface area contributed by atoms with Gasteiger partial charge in [0.15, 0.2) is 0 Å². The zero-order valence-corrected chi connectivity index (χ0v) is 8.22. The summed E-state index contributed by atoms with van der Waals surface area (Å²) in [6.07, 6.45) is 0.772. The van der Waals surface area contributed by atoms with Gasteiger partial charge >= 0.3 is 0 Å². The average Bonchev–Trinajstić information content (AvgIpc) is 2.10. The number of aryl methyl sites for hydroxylation is 2. The standard InChI is InChI=1S/C12H15N/c1-10-6-5-7-11(2)12(10)8-3-4-9-13/h5-7H,4,9,13H2,1-2H3. The van der Waals surface area contributed by atoms with E-state index < -0.39 is 0 Å². The van der Waals surface area contributed by atoms with E-state index in [1.54, 1.807) is 0 Å². The first kappa shape index (κ1) is 9.83. The Morgan fingerprint density at radius 2 is 1.85 bits per heavy atom. The fraction of sp³-hybridized carbons (Fsp3) is 0.333. The van der Waals surface area contributed by atoms with E-state index in [4.69, 9.17) is 5.73 Å².